The maximum atomic E-state index is 11.7. The number of ether oxygens (including phenoxy) is 2. The van der Waals surface area contributed by atoms with E-state index in [-0.39, 0.29) is 11.6 Å². The zero-order valence-corrected chi connectivity index (χ0v) is 14.2. The van der Waals surface area contributed by atoms with Gasteiger partial charge in [-0.05, 0) is 43.0 Å². The number of piperidine rings is 1. The number of anilines is 1. The third-order valence-corrected chi connectivity index (χ3v) is 4.18. The van der Waals surface area contributed by atoms with Crippen molar-refractivity contribution in [2.75, 3.05) is 25.1 Å². The van der Waals surface area contributed by atoms with E-state index in [4.69, 9.17) is 9.47 Å². The minimum Gasteiger partial charge on any atom is -0.497 e. The fraction of sp³-hybridized carbons (Fsp3) is 0.412. The number of benzene rings is 1. The molecule has 0 saturated carbocycles. The van der Waals surface area contributed by atoms with Gasteiger partial charge in [-0.1, -0.05) is 6.92 Å². The molecule has 1 aliphatic heterocycles. The average molecular weight is 344 g/mol. The van der Waals surface area contributed by atoms with Crippen molar-refractivity contribution in [1.82, 2.24) is 9.97 Å². The highest BCUT2D eigenvalue weighted by molar-refractivity contribution is 5.63. The highest BCUT2D eigenvalue weighted by Gasteiger charge is 2.30. The van der Waals surface area contributed by atoms with Gasteiger partial charge in [-0.25, -0.2) is 4.98 Å². The van der Waals surface area contributed by atoms with Crippen LogP contribution in [0.5, 0.6) is 17.4 Å². The van der Waals surface area contributed by atoms with Crippen LogP contribution in [0.1, 0.15) is 19.8 Å². The molecule has 2 aromatic rings. The molecule has 0 bridgehead atoms. The largest absolute Gasteiger partial charge is 0.497 e. The Morgan fingerprint density at radius 3 is 2.60 bits per heavy atom. The topological polar surface area (TPSA) is 90.6 Å². The lowest BCUT2D eigenvalue weighted by Gasteiger charge is -2.31. The molecule has 3 rings (SSSR count). The number of methoxy groups -OCH3 is 1. The standard InChI is InChI=1S/C17H20N4O4/c1-12-4-3-9-20(10-12)16-15(21(22)23)17(19-11-18-16)25-14-7-5-13(24-2)6-8-14/h5-8,11-12H,3-4,9-10H2,1-2H3. The minimum atomic E-state index is -0.479. The van der Waals surface area contributed by atoms with Crippen molar-refractivity contribution in [2.45, 2.75) is 19.8 Å². The molecule has 25 heavy (non-hydrogen) atoms. The molecule has 0 aliphatic carbocycles. The van der Waals surface area contributed by atoms with Crippen molar-refractivity contribution >= 4 is 11.5 Å². The van der Waals surface area contributed by atoms with E-state index in [0.717, 1.165) is 25.9 Å². The number of nitrogens with zero attached hydrogens (tertiary/aromatic N) is 4. The lowest BCUT2D eigenvalue weighted by atomic mass is 10.0. The van der Waals surface area contributed by atoms with Crippen LogP contribution in [-0.4, -0.2) is 35.1 Å². The van der Waals surface area contributed by atoms with Crippen LogP contribution in [0.25, 0.3) is 0 Å². The summed E-state index contributed by atoms with van der Waals surface area (Å²) in [7, 11) is 1.57. The van der Waals surface area contributed by atoms with Crippen LogP contribution in [-0.2, 0) is 0 Å². The van der Waals surface area contributed by atoms with E-state index in [1.807, 2.05) is 4.90 Å². The van der Waals surface area contributed by atoms with E-state index in [1.54, 1.807) is 31.4 Å². The van der Waals surface area contributed by atoms with Crippen molar-refractivity contribution in [3.05, 3.63) is 40.7 Å². The van der Waals surface area contributed by atoms with E-state index < -0.39 is 4.92 Å². The van der Waals surface area contributed by atoms with Crippen LogP contribution in [0, 0.1) is 16.0 Å². The summed E-state index contributed by atoms with van der Waals surface area (Å²) in [5.41, 5.74) is -0.201. The molecule has 1 atom stereocenters. The Labute approximate surface area is 145 Å². The Hall–Kier alpha value is -2.90. The molecule has 8 heteroatoms. The number of aromatic nitrogens is 2. The third-order valence-electron chi connectivity index (χ3n) is 4.18. The smallest absolute Gasteiger partial charge is 0.373 e. The second-order valence-electron chi connectivity index (χ2n) is 6.08. The molecule has 0 amide bonds. The molecule has 1 unspecified atom stereocenters. The number of rotatable bonds is 5. The Kier molecular flexibility index (Phi) is 4.97. The van der Waals surface area contributed by atoms with E-state index in [1.165, 1.54) is 6.33 Å². The molecule has 1 aromatic carbocycles. The predicted molar refractivity (Wildman–Crippen MR) is 92.4 cm³/mol. The van der Waals surface area contributed by atoms with E-state index in [0.29, 0.717) is 23.2 Å². The van der Waals surface area contributed by atoms with Gasteiger partial charge in [0.2, 0.25) is 5.82 Å². The van der Waals surface area contributed by atoms with Crippen LogP contribution in [0.2, 0.25) is 0 Å². The maximum absolute atomic E-state index is 11.7. The molecule has 1 saturated heterocycles. The van der Waals surface area contributed by atoms with Gasteiger partial charge in [0.1, 0.15) is 17.8 Å². The summed E-state index contributed by atoms with van der Waals surface area (Å²) in [6.45, 7) is 3.61. The molecule has 1 fully saturated rings. The van der Waals surface area contributed by atoms with Crippen LogP contribution < -0.4 is 14.4 Å². The highest BCUT2D eigenvalue weighted by atomic mass is 16.6. The summed E-state index contributed by atoms with van der Waals surface area (Å²) in [5.74, 6) is 1.84. The molecule has 2 heterocycles. The number of hydrogen-bond donors (Lipinski definition) is 0. The molecule has 1 aliphatic rings. The second kappa shape index (κ2) is 7.33. The van der Waals surface area contributed by atoms with Gasteiger partial charge in [0.25, 0.3) is 0 Å². The summed E-state index contributed by atoms with van der Waals surface area (Å²) in [6, 6.07) is 6.78. The van der Waals surface area contributed by atoms with Gasteiger partial charge in [0.05, 0.1) is 12.0 Å². The molecular weight excluding hydrogens is 324 g/mol. The van der Waals surface area contributed by atoms with Crippen molar-refractivity contribution in [3.8, 4) is 17.4 Å². The molecule has 0 radical (unpaired) electrons. The predicted octanol–water partition coefficient (Wildman–Crippen LogP) is 3.42. The van der Waals surface area contributed by atoms with Gasteiger partial charge in [-0.2, -0.15) is 4.98 Å². The first-order valence-electron chi connectivity index (χ1n) is 8.14. The van der Waals surface area contributed by atoms with Crippen LogP contribution in [0.3, 0.4) is 0 Å². The van der Waals surface area contributed by atoms with Gasteiger partial charge in [-0.15, -0.1) is 0 Å². The second-order valence-corrected chi connectivity index (χ2v) is 6.08. The zero-order chi connectivity index (χ0) is 17.8. The van der Waals surface area contributed by atoms with E-state index in [2.05, 4.69) is 16.9 Å². The molecule has 0 spiro atoms. The first kappa shape index (κ1) is 16.9. The van der Waals surface area contributed by atoms with Crippen molar-refractivity contribution in [3.63, 3.8) is 0 Å². The monoisotopic (exact) mass is 344 g/mol. The van der Waals surface area contributed by atoms with E-state index >= 15 is 0 Å². The zero-order valence-electron chi connectivity index (χ0n) is 14.2. The normalized spacial score (nSPS) is 17.2. The summed E-state index contributed by atoms with van der Waals surface area (Å²) >= 11 is 0. The number of hydrogen-bond acceptors (Lipinski definition) is 7. The van der Waals surface area contributed by atoms with Gasteiger partial charge >= 0.3 is 11.6 Å². The maximum Gasteiger partial charge on any atom is 0.373 e. The highest BCUT2D eigenvalue weighted by Crippen LogP contribution is 2.37. The van der Waals surface area contributed by atoms with Crippen molar-refractivity contribution < 1.29 is 14.4 Å². The first-order valence-corrected chi connectivity index (χ1v) is 8.14. The lowest BCUT2D eigenvalue weighted by molar-refractivity contribution is -0.385. The Bertz CT molecular complexity index is 751. The first-order chi connectivity index (χ1) is 12.1. The summed E-state index contributed by atoms with van der Waals surface area (Å²) in [6.07, 6.45) is 3.40. The number of nitro groups is 1. The fourth-order valence-corrected chi connectivity index (χ4v) is 2.96. The van der Waals surface area contributed by atoms with E-state index in [9.17, 15) is 10.1 Å². The minimum absolute atomic E-state index is 0.0570. The van der Waals surface area contributed by atoms with Crippen molar-refractivity contribution in [1.29, 1.82) is 0 Å². The van der Waals surface area contributed by atoms with Gasteiger partial charge in [0, 0.05) is 13.1 Å². The molecular formula is C17H20N4O4. The van der Waals surface area contributed by atoms with Crippen molar-refractivity contribution in [2.24, 2.45) is 5.92 Å². The lowest BCUT2D eigenvalue weighted by Crippen LogP contribution is -2.35. The van der Waals surface area contributed by atoms with Gasteiger partial charge in [0.15, 0.2) is 0 Å². The third kappa shape index (κ3) is 3.78. The Morgan fingerprint density at radius 1 is 1.24 bits per heavy atom. The van der Waals surface area contributed by atoms with Gasteiger partial charge in [-0.3, -0.25) is 10.1 Å². The fourth-order valence-electron chi connectivity index (χ4n) is 2.96. The molecule has 132 valence electrons. The quantitative estimate of drug-likeness (QED) is 0.606. The SMILES string of the molecule is COc1ccc(Oc2ncnc(N3CCCC(C)C3)c2[N+](=O)[O-])cc1. The Morgan fingerprint density at radius 2 is 1.96 bits per heavy atom. The summed E-state index contributed by atoms with van der Waals surface area (Å²) in [4.78, 5) is 21.3. The van der Waals surface area contributed by atoms with Crippen LogP contribution in [0.15, 0.2) is 30.6 Å². The Balaban J connectivity index is 1.93. The molecule has 0 N–H and O–H groups in total. The van der Waals surface area contributed by atoms with Crippen LogP contribution >= 0.6 is 0 Å². The molecule has 8 nitrogen and oxygen atoms in total. The summed E-state index contributed by atoms with van der Waals surface area (Å²) in [5, 5.41) is 11.7. The molecule has 1 aromatic heterocycles. The summed E-state index contributed by atoms with van der Waals surface area (Å²) < 4.78 is 10.7. The van der Waals surface area contributed by atoms with Crippen LogP contribution in [0.4, 0.5) is 11.5 Å². The average Bonchev–Trinajstić information content (AvgIpc) is 2.62. The van der Waals surface area contributed by atoms with Gasteiger partial charge < -0.3 is 14.4 Å².